The van der Waals surface area contributed by atoms with E-state index >= 15 is 0 Å². The summed E-state index contributed by atoms with van der Waals surface area (Å²) in [5.74, 6) is -0.539. The number of benzene rings is 1. The van der Waals surface area contributed by atoms with E-state index < -0.39 is 5.91 Å². The highest BCUT2D eigenvalue weighted by Crippen LogP contribution is 2.09. The van der Waals surface area contributed by atoms with Crippen LogP contribution in [0, 0.1) is 0 Å². The van der Waals surface area contributed by atoms with E-state index in [-0.39, 0.29) is 0 Å². The molecule has 0 aliphatic rings. The molecular formula is C14H14N2O2. The van der Waals surface area contributed by atoms with Crippen LogP contribution in [0.25, 0.3) is 6.08 Å². The van der Waals surface area contributed by atoms with Gasteiger partial charge in [-0.3, -0.25) is 10.0 Å². The molecule has 0 radical (unpaired) electrons. The summed E-state index contributed by atoms with van der Waals surface area (Å²) in [5, 5.41) is 8.41. The van der Waals surface area contributed by atoms with Crippen molar-refractivity contribution in [1.29, 1.82) is 0 Å². The second kappa shape index (κ2) is 5.84. The Bertz CT molecular complexity index is 544. The highest BCUT2D eigenvalue weighted by atomic mass is 16.5. The van der Waals surface area contributed by atoms with Gasteiger partial charge in [-0.1, -0.05) is 30.3 Å². The van der Waals surface area contributed by atoms with Crippen molar-refractivity contribution in [2.45, 2.75) is 6.54 Å². The summed E-state index contributed by atoms with van der Waals surface area (Å²) in [7, 11) is 0. The van der Waals surface area contributed by atoms with E-state index in [0.29, 0.717) is 0 Å². The van der Waals surface area contributed by atoms with Crippen LogP contribution in [-0.4, -0.2) is 15.7 Å². The van der Waals surface area contributed by atoms with Crippen molar-refractivity contribution < 1.29 is 10.0 Å². The van der Waals surface area contributed by atoms with Crippen LogP contribution in [0.5, 0.6) is 0 Å². The number of hydrogen-bond donors (Lipinski definition) is 2. The molecule has 1 aromatic heterocycles. The number of aromatic nitrogens is 1. The van der Waals surface area contributed by atoms with E-state index in [0.717, 1.165) is 12.2 Å². The summed E-state index contributed by atoms with van der Waals surface area (Å²) < 4.78 is 2.02. The Morgan fingerprint density at radius 2 is 2.00 bits per heavy atom. The van der Waals surface area contributed by atoms with Crippen LogP contribution < -0.4 is 5.48 Å². The van der Waals surface area contributed by atoms with E-state index in [2.05, 4.69) is 0 Å². The predicted molar refractivity (Wildman–Crippen MR) is 68.9 cm³/mol. The number of nitrogens with zero attached hydrogens (tertiary/aromatic N) is 1. The van der Waals surface area contributed by atoms with Crippen LogP contribution in [0.1, 0.15) is 11.3 Å². The van der Waals surface area contributed by atoms with Crippen molar-refractivity contribution in [2.75, 3.05) is 0 Å². The topological polar surface area (TPSA) is 54.3 Å². The largest absolute Gasteiger partial charge is 0.344 e. The fourth-order valence-electron chi connectivity index (χ4n) is 1.70. The second-order valence-corrected chi connectivity index (χ2v) is 3.86. The van der Waals surface area contributed by atoms with Crippen LogP contribution in [0.3, 0.4) is 0 Å². The van der Waals surface area contributed by atoms with Crippen molar-refractivity contribution in [3.8, 4) is 0 Å². The van der Waals surface area contributed by atoms with Crippen LogP contribution in [0.2, 0.25) is 0 Å². The van der Waals surface area contributed by atoms with Gasteiger partial charge in [0.1, 0.15) is 0 Å². The van der Waals surface area contributed by atoms with Crippen molar-refractivity contribution in [2.24, 2.45) is 0 Å². The quantitative estimate of drug-likeness (QED) is 0.490. The van der Waals surface area contributed by atoms with E-state index in [1.165, 1.54) is 11.6 Å². The molecule has 2 aromatic rings. The third-order valence-corrected chi connectivity index (χ3v) is 2.58. The van der Waals surface area contributed by atoms with Crippen LogP contribution in [0.15, 0.2) is 54.7 Å². The minimum Gasteiger partial charge on any atom is -0.344 e. The Balaban J connectivity index is 2.13. The molecule has 0 bridgehead atoms. The first-order valence-electron chi connectivity index (χ1n) is 5.61. The van der Waals surface area contributed by atoms with Gasteiger partial charge in [-0.25, -0.2) is 5.48 Å². The fraction of sp³-hybridized carbons (Fsp3) is 0.0714. The van der Waals surface area contributed by atoms with Crippen molar-refractivity contribution >= 4 is 12.0 Å². The van der Waals surface area contributed by atoms with Crippen molar-refractivity contribution in [1.82, 2.24) is 10.0 Å². The number of amides is 1. The van der Waals surface area contributed by atoms with Crippen molar-refractivity contribution in [3.63, 3.8) is 0 Å². The van der Waals surface area contributed by atoms with Crippen LogP contribution >= 0.6 is 0 Å². The van der Waals surface area contributed by atoms with Gasteiger partial charge in [0.15, 0.2) is 0 Å². The van der Waals surface area contributed by atoms with E-state index in [9.17, 15) is 4.79 Å². The Morgan fingerprint density at radius 3 is 2.72 bits per heavy atom. The number of hydroxylamine groups is 1. The van der Waals surface area contributed by atoms with Crippen LogP contribution in [0.4, 0.5) is 0 Å². The zero-order chi connectivity index (χ0) is 12.8. The van der Waals surface area contributed by atoms with Gasteiger partial charge < -0.3 is 4.57 Å². The maximum atomic E-state index is 10.9. The first-order chi connectivity index (χ1) is 8.79. The lowest BCUT2D eigenvalue weighted by molar-refractivity contribution is -0.124. The Labute approximate surface area is 105 Å². The highest BCUT2D eigenvalue weighted by Gasteiger charge is 1.99. The summed E-state index contributed by atoms with van der Waals surface area (Å²) in [4.78, 5) is 10.9. The van der Waals surface area contributed by atoms with E-state index in [4.69, 9.17) is 5.21 Å². The molecule has 0 saturated carbocycles. The lowest BCUT2D eigenvalue weighted by Crippen LogP contribution is -2.15. The molecule has 0 unspecified atom stereocenters. The van der Waals surface area contributed by atoms with Gasteiger partial charge in [-0.15, -0.1) is 0 Å². The van der Waals surface area contributed by atoms with Crippen LogP contribution in [-0.2, 0) is 11.3 Å². The number of hydrogen-bond acceptors (Lipinski definition) is 2. The Hall–Kier alpha value is -2.33. The average Bonchev–Trinajstić information content (AvgIpc) is 2.84. The molecule has 4 heteroatoms. The zero-order valence-electron chi connectivity index (χ0n) is 9.78. The first-order valence-corrected chi connectivity index (χ1v) is 5.61. The molecule has 2 rings (SSSR count). The number of rotatable bonds is 4. The normalized spacial score (nSPS) is 10.7. The van der Waals surface area contributed by atoms with Crippen molar-refractivity contribution in [3.05, 3.63) is 66.0 Å². The van der Waals surface area contributed by atoms with Gasteiger partial charge in [0.2, 0.25) is 0 Å². The molecule has 4 nitrogen and oxygen atoms in total. The molecule has 0 fully saturated rings. The molecule has 1 heterocycles. The number of carbonyl (C=O) groups is 1. The summed E-state index contributed by atoms with van der Waals surface area (Å²) in [6, 6.07) is 13.9. The molecule has 1 amide bonds. The fourth-order valence-corrected chi connectivity index (χ4v) is 1.70. The maximum absolute atomic E-state index is 10.9. The molecule has 0 aliphatic heterocycles. The van der Waals surface area contributed by atoms with E-state index in [1.807, 2.05) is 53.2 Å². The third-order valence-electron chi connectivity index (χ3n) is 2.58. The van der Waals surface area contributed by atoms with E-state index in [1.54, 1.807) is 11.6 Å². The van der Waals surface area contributed by atoms with Gasteiger partial charge in [0, 0.05) is 24.5 Å². The maximum Gasteiger partial charge on any atom is 0.267 e. The highest BCUT2D eigenvalue weighted by molar-refractivity contribution is 5.90. The molecular weight excluding hydrogens is 228 g/mol. The number of nitrogens with one attached hydrogen (secondary N) is 1. The zero-order valence-corrected chi connectivity index (χ0v) is 9.78. The van der Waals surface area contributed by atoms with Gasteiger partial charge in [0.25, 0.3) is 5.91 Å². The summed E-state index contributed by atoms with van der Waals surface area (Å²) in [6.07, 6.45) is 4.90. The summed E-state index contributed by atoms with van der Waals surface area (Å²) in [5.41, 5.74) is 3.66. The molecule has 18 heavy (non-hydrogen) atoms. The Kier molecular flexibility index (Phi) is 3.94. The van der Waals surface area contributed by atoms with Gasteiger partial charge in [-0.05, 0) is 23.8 Å². The monoisotopic (exact) mass is 242 g/mol. The predicted octanol–water partition coefficient (Wildman–Crippen LogP) is 2.06. The van der Waals surface area contributed by atoms with Gasteiger partial charge in [0.05, 0.1) is 0 Å². The number of carbonyl (C=O) groups excluding carboxylic acids is 1. The minimum absolute atomic E-state index is 0.539. The molecule has 0 atom stereocenters. The molecule has 92 valence electrons. The third kappa shape index (κ3) is 3.09. The average molecular weight is 242 g/mol. The molecule has 0 aliphatic carbocycles. The Morgan fingerprint density at radius 1 is 1.22 bits per heavy atom. The lowest BCUT2D eigenvalue weighted by Gasteiger charge is -2.06. The van der Waals surface area contributed by atoms with Gasteiger partial charge >= 0.3 is 0 Å². The standard InChI is InChI=1S/C14H14N2O2/c17-14(15-18)9-8-13-7-4-10-16(13)11-12-5-2-1-3-6-12/h1-10,18H,11H2,(H,15,17). The lowest BCUT2D eigenvalue weighted by atomic mass is 10.2. The first kappa shape index (κ1) is 12.1. The molecule has 2 N–H and O–H groups in total. The smallest absolute Gasteiger partial charge is 0.267 e. The summed E-state index contributed by atoms with van der Waals surface area (Å²) >= 11 is 0. The second-order valence-electron chi connectivity index (χ2n) is 3.86. The molecule has 0 spiro atoms. The SMILES string of the molecule is O=C(C=Cc1cccn1Cc1ccccc1)NO. The van der Waals surface area contributed by atoms with Gasteiger partial charge in [-0.2, -0.15) is 0 Å². The summed E-state index contributed by atoms with van der Waals surface area (Å²) in [6.45, 7) is 0.744. The molecule has 0 saturated heterocycles. The molecule has 1 aromatic carbocycles. The minimum atomic E-state index is -0.539.